The molecule has 0 radical (unpaired) electrons. The number of hydrogen-bond donors (Lipinski definition) is 0. The van der Waals surface area contributed by atoms with E-state index in [1.807, 2.05) is 72.8 Å². The van der Waals surface area contributed by atoms with Gasteiger partial charge in [0.25, 0.3) is 5.95 Å². The molecule has 0 spiro atoms. The average Bonchev–Trinajstić information content (AvgIpc) is 3.04. The lowest BCUT2D eigenvalue weighted by Crippen LogP contribution is -2.00. The molecular formula is C22H16O3. The van der Waals surface area contributed by atoms with Gasteiger partial charge in [-0.25, -0.2) is 0 Å². The third kappa shape index (κ3) is 3.31. The summed E-state index contributed by atoms with van der Waals surface area (Å²) in [4.78, 5) is 11.7. The number of cyclic esters (lactones) is 1. The Bertz CT molecular complexity index is 911. The highest BCUT2D eigenvalue weighted by molar-refractivity contribution is 5.91. The minimum absolute atomic E-state index is 0.224. The highest BCUT2D eigenvalue weighted by Gasteiger charge is 2.27. The molecule has 0 N–H and O–H groups in total. The Labute approximate surface area is 146 Å². The number of hydrogen-bond acceptors (Lipinski definition) is 3. The first-order chi connectivity index (χ1) is 12.3. The fourth-order valence-electron chi connectivity index (χ4n) is 2.81. The maximum absolute atomic E-state index is 11.7. The van der Waals surface area contributed by atoms with E-state index in [4.69, 9.17) is 9.47 Å². The van der Waals surface area contributed by atoms with E-state index in [2.05, 4.69) is 12.1 Å². The maximum atomic E-state index is 11.7. The Balaban J connectivity index is 1.59. The minimum Gasteiger partial charge on any atom is -0.426 e. The van der Waals surface area contributed by atoms with Gasteiger partial charge in [0.1, 0.15) is 5.75 Å². The molecule has 1 aliphatic heterocycles. The molecule has 3 heteroatoms. The van der Waals surface area contributed by atoms with Gasteiger partial charge in [-0.15, -0.1) is 0 Å². The Morgan fingerprint density at radius 3 is 1.88 bits per heavy atom. The Hall–Kier alpha value is -3.33. The van der Waals surface area contributed by atoms with E-state index >= 15 is 0 Å². The summed E-state index contributed by atoms with van der Waals surface area (Å²) in [7, 11) is 0. The molecule has 0 saturated carbocycles. The summed E-state index contributed by atoms with van der Waals surface area (Å²) in [6.45, 7) is 0. The molecule has 4 rings (SSSR count). The number of benzene rings is 3. The van der Waals surface area contributed by atoms with Crippen molar-refractivity contribution in [3.05, 3.63) is 96.4 Å². The molecule has 0 bridgehead atoms. The van der Waals surface area contributed by atoms with Gasteiger partial charge in [-0.2, -0.15) is 0 Å². The molecule has 25 heavy (non-hydrogen) atoms. The number of ether oxygens (including phenoxy) is 2. The van der Waals surface area contributed by atoms with Crippen LogP contribution in [0.15, 0.2) is 90.9 Å². The van der Waals surface area contributed by atoms with Crippen molar-refractivity contribution in [1.29, 1.82) is 0 Å². The van der Waals surface area contributed by atoms with E-state index < -0.39 is 0 Å². The van der Waals surface area contributed by atoms with Gasteiger partial charge in [-0.05, 0) is 28.8 Å². The van der Waals surface area contributed by atoms with E-state index in [-0.39, 0.29) is 18.3 Å². The second-order valence-corrected chi connectivity index (χ2v) is 5.78. The lowest BCUT2D eigenvalue weighted by Gasteiger charge is -2.09. The topological polar surface area (TPSA) is 35.5 Å². The summed E-state index contributed by atoms with van der Waals surface area (Å²) in [6.07, 6.45) is 0.224. The first kappa shape index (κ1) is 15.2. The first-order valence-corrected chi connectivity index (χ1v) is 8.12. The third-order valence-corrected chi connectivity index (χ3v) is 4.07. The minimum atomic E-state index is -0.297. The summed E-state index contributed by atoms with van der Waals surface area (Å²) in [5.41, 5.74) is 3.96. The Morgan fingerprint density at radius 2 is 1.24 bits per heavy atom. The smallest absolute Gasteiger partial charge is 0.318 e. The predicted molar refractivity (Wildman–Crippen MR) is 96.6 cm³/mol. The molecule has 0 aliphatic carbocycles. The lowest BCUT2D eigenvalue weighted by molar-refractivity contribution is -0.139. The number of rotatable bonds is 4. The largest absolute Gasteiger partial charge is 0.426 e. The van der Waals surface area contributed by atoms with E-state index in [1.165, 1.54) is 0 Å². The fraction of sp³-hybridized carbons (Fsp3) is 0.0455. The van der Waals surface area contributed by atoms with Crippen molar-refractivity contribution in [1.82, 2.24) is 0 Å². The second kappa shape index (κ2) is 6.65. The summed E-state index contributed by atoms with van der Waals surface area (Å²) < 4.78 is 11.1. The van der Waals surface area contributed by atoms with E-state index in [0.717, 1.165) is 22.3 Å². The number of esters is 1. The van der Waals surface area contributed by atoms with Crippen LogP contribution in [-0.2, 0) is 9.53 Å². The van der Waals surface area contributed by atoms with Crippen LogP contribution in [0.3, 0.4) is 0 Å². The van der Waals surface area contributed by atoms with Crippen molar-refractivity contribution in [3.8, 4) is 16.9 Å². The van der Waals surface area contributed by atoms with E-state index in [0.29, 0.717) is 5.75 Å². The average molecular weight is 328 g/mol. The van der Waals surface area contributed by atoms with Crippen LogP contribution in [0.4, 0.5) is 0 Å². The molecule has 0 unspecified atom stereocenters. The van der Waals surface area contributed by atoms with Crippen LogP contribution < -0.4 is 4.74 Å². The monoisotopic (exact) mass is 328 g/mol. The summed E-state index contributed by atoms with van der Waals surface area (Å²) in [5, 5.41) is 0. The highest BCUT2D eigenvalue weighted by Crippen LogP contribution is 2.32. The molecule has 3 nitrogen and oxygen atoms in total. The Kier molecular flexibility index (Phi) is 4.05. The molecular weight excluding hydrogens is 312 g/mol. The molecule has 122 valence electrons. The zero-order chi connectivity index (χ0) is 17.1. The van der Waals surface area contributed by atoms with Crippen LogP contribution in [0.25, 0.3) is 16.7 Å². The lowest BCUT2D eigenvalue weighted by atomic mass is 10.1. The molecule has 1 heterocycles. The summed E-state index contributed by atoms with van der Waals surface area (Å²) >= 11 is 0. The van der Waals surface area contributed by atoms with Crippen molar-refractivity contribution in [2.75, 3.05) is 0 Å². The zero-order valence-electron chi connectivity index (χ0n) is 13.5. The van der Waals surface area contributed by atoms with Gasteiger partial charge in [0.05, 0.1) is 12.0 Å². The number of carbonyl (C=O) groups is 1. The highest BCUT2D eigenvalue weighted by atomic mass is 16.7. The molecule has 1 aliphatic rings. The van der Waals surface area contributed by atoms with Gasteiger partial charge in [0, 0.05) is 0 Å². The maximum Gasteiger partial charge on any atom is 0.318 e. The van der Waals surface area contributed by atoms with Crippen LogP contribution in [-0.4, -0.2) is 5.97 Å². The van der Waals surface area contributed by atoms with E-state index in [9.17, 15) is 4.79 Å². The summed E-state index contributed by atoms with van der Waals surface area (Å²) in [5.74, 6) is 0.608. The van der Waals surface area contributed by atoms with Crippen molar-refractivity contribution in [2.24, 2.45) is 0 Å². The van der Waals surface area contributed by atoms with Crippen LogP contribution >= 0.6 is 0 Å². The van der Waals surface area contributed by atoms with Gasteiger partial charge >= 0.3 is 5.97 Å². The standard InChI is InChI=1S/C22H16O3/c23-21-15-20(18-9-5-2-6-10-18)22(25-21)24-19-13-11-17(12-14-19)16-7-3-1-4-8-16/h1-14H,15H2. The van der Waals surface area contributed by atoms with Crippen molar-refractivity contribution in [2.45, 2.75) is 6.42 Å². The molecule has 0 saturated heterocycles. The van der Waals surface area contributed by atoms with Crippen LogP contribution in [0, 0.1) is 0 Å². The number of carbonyl (C=O) groups excluding carboxylic acids is 1. The summed E-state index contributed by atoms with van der Waals surface area (Å²) in [6, 6.07) is 27.5. The van der Waals surface area contributed by atoms with Crippen molar-refractivity contribution < 1.29 is 14.3 Å². The van der Waals surface area contributed by atoms with Crippen LogP contribution in [0.5, 0.6) is 5.75 Å². The van der Waals surface area contributed by atoms with Gasteiger partial charge in [-0.1, -0.05) is 72.8 Å². The molecule has 3 aromatic carbocycles. The van der Waals surface area contributed by atoms with E-state index in [1.54, 1.807) is 0 Å². The van der Waals surface area contributed by atoms with Gasteiger partial charge in [0.15, 0.2) is 0 Å². The zero-order valence-corrected chi connectivity index (χ0v) is 13.5. The van der Waals surface area contributed by atoms with Gasteiger partial charge in [0.2, 0.25) is 0 Å². The molecule has 0 amide bonds. The van der Waals surface area contributed by atoms with Crippen molar-refractivity contribution in [3.63, 3.8) is 0 Å². The van der Waals surface area contributed by atoms with Gasteiger partial charge in [-0.3, -0.25) is 4.79 Å². The normalized spacial score (nSPS) is 13.7. The second-order valence-electron chi connectivity index (χ2n) is 5.78. The van der Waals surface area contributed by atoms with Crippen LogP contribution in [0.1, 0.15) is 12.0 Å². The van der Waals surface area contributed by atoms with Gasteiger partial charge < -0.3 is 9.47 Å². The van der Waals surface area contributed by atoms with Crippen LogP contribution in [0.2, 0.25) is 0 Å². The Morgan fingerprint density at radius 1 is 0.680 bits per heavy atom. The first-order valence-electron chi connectivity index (χ1n) is 8.12. The quantitative estimate of drug-likeness (QED) is 0.629. The SMILES string of the molecule is O=C1CC(c2ccccc2)=C(Oc2ccc(-c3ccccc3)cc2)O1. The fourth-order valence-corrected chi connectivity index (χ4v) is 2.81. The molecule has 0 atom stereocenters. The van der Waals surface area contributed by atoms with Crippen molar-refractivity contribution >= 4 is 11.5 Å². The predicted octanol–water partition coefficient (Wildman–Crippen LogP) is 5.05. The molecule has 0 aromatic heterocycles. The molecule has 3 aromatic rings. The third-order valence-electron chi connectivity index (χ3n) is 4.07. The molecule has 0 fully saturated rings.